The van der Waals surface area contributed by atoms with E-state index in [1.165, 1.54) is 19.3 Å². The summed E-state index contributed by atoms with van der Waals surface area (Å²) in [5, 5.41) is 3.08. The number of ether oxygens (including phenoxy) is 2. The minimum atomic E-state index is -0.355. The van der Waals surface area contributed by atoms with Crippen LogP contribution in [0, 0.1) is 5.92 Å². The Morgan fingerprint density at radius 3 is 2.36 bits per heavy atom. The number of hydrogen-bond acceptors (Lipinski definition) is 4. The number of amides is 1. The predicted molar refractivity (Wildman–Crippen MR) is 144 cm³/mol. The molecule has 0 aliphatic heterocycles. The van der Waals surface area contributed by atoms with Gasteiger partial charge in [-0.3, -0.25) is 4.79 Å². The number of rotatable bonds is 14. The summed E-state index contributed by atoms with van der Waals surface area (Å²) in [5.41, 5.74) is 3.74. The molecule has 0 aromatic heterocycles. The first kappa shape index (κ1) is 27.0. The molecule has 0 radical (unpaired) electrons. The van der Waals surface area contributed by atoms with Crippen LogP contribution in [0.25, 0.3) is 11.1 Å². The van der Waals surface area contributed by atoms with Crippen molar-refractivity contribution in [2.75, 3.05) is 13.2 Å². The molecule has 0 heterocycles. The van der Waals surface area contributed by atoms with Gasteiger partial charge in [0.25, 0.3) is 0 Å². The van der Waals surface area contributed by atoms with Gasteiger partial charge in [0.15, 0.2) is 0 Å². The third-order valence-corrected chi connectivity index (χ3v) is 6.11. The zero-order chi connectivity index (χ0) is 25.6. The molecule has 5 nitrogen and oxygen atoms in total. The average molecular weight is 488 g/mol. The molecule has 36 heavy (non-hydrogen) atoms. The van der Waals surface area contributed by atoms with Crippen molar-refractivity contribution in [2.24, 2.45) is 5.92 Å². The molecule has 3 aromatic carbocycles. The number of carbonyl (C=O) groups is 2. The third-order valence-electron chi connectivity index (χ3n) is 6.11. The van der Waals surface area contributed by atoms with Gasteiger partial charge < -0.3 is 14.8 Å². The molecular formula is C31H37NO4. The summed E-state index contributed by atoms with van der Waals surface area (Å²) >= 11 is 0. The van der Waals surface area contributed by atoms with Crippen molar-refractivity contribution in [2.45, 2.75) is 52.5 Å². The maximum absolute atomic E-state index is 12.4. The molecule has 0 saturated carbocycles. The molecule has 1 atom stereocenters. The topological polar surface area (TPSA) is 64.6 Å². The first-order valence-corrected chi connectivity index (χ1v) is 12.9. The third kappa shape index (κ3) is 8.88. The van der Waals surface area contributed by atoms with Gasteiger partial charge in [0.1, 0.15) is 19.0 Å². The molecule has 5 heteroatoms. The SMILES string of the molecule is CCCCCCC(C)C(=O)NCc1cccc(-c2ccc(OCCOC(=O)c3ccccc3)cc2)c1. The number of hydrogen-bond donors (Lipinski definition) is 1. The fourth-order valence-electron chi connectivity index (χ4n) is 3.93. The van der Waals surface area contributed by atoms with Crippen LogP contribution in [-0.4, -0.2) is 25.1 Å². The van der Waals surface area contributed by atoms with Gasteiger partial charge in [-0.05, 0) is 53.4 Å². The molecule has 1 unspecified atom stereocenters. The van der Waals surface area contributed by atoms with E-state index >= 15 is 0 Å². The van der Waals surface area contributed by atoms with Crippen LogP contribution in [0.5, 0.6) is 5.75 Å². The maximum atomic E-state index is 12.4. The van der Waals surface area contributed by atoms with Gasteiger partial charge in [-0.25, -0.2) is 4.79 Å². The first-order valence-electron chi connectivity index (χ1n) is 12.9. The lowest BCUT2D eigenvalue weighted by Crippen LogP contribution is -2.28. The molecule has 0 aliphatic carbocycles. The molecule has 0 fully saturated rings. The summed E-state index contributed by atoms with van der Waals surface area (Å²) in [5.74, 6) is 0.519. The van der Waals surface area contributed by atoms with Gasteiger partial charge in [0.05, 0.1) is 5.56 Å². The molecule has 0 spiro atoms. The van der Waals surface area contributed by atoms with E-state index in [1.54, 1.807) is 24.3 Å². The van der Waals surface area contributed by atoms with Gasteiger partial charge in [-0.2, -0.15) is 0 Å². The van der Waals surface area contributed by atoms with E-state index in [9.17, 15) is 9.59 Å². The van der Waals surface area contributed by atoms with E-state index in [4.69, 9.17) is 9.47 Å². The summed E-state index contributed by atoms with van der Waals surface area (Å²) in [6.07, 6.45) is 5.69. The van der Waals surface area contributed by atoms with Crippen molar-refractivity contribution in [1.82, 2.24) is 5.32 Å². The predicted octanol–water partition coefficient (Wildman–Crippen LogP) is 6.81. The van der Waals surface area contributed by atoms with Crippen molar-refractivity contribution in [1.29, 1.82) is 0 Å². The smallest absolute Gasteiger partial charge is 0.338 e. The number of nitrogens with one attached hydrogen (secondary N) is 1. The van der Waals surface area contributed by atoms with Crippen LogP contribution in [0.3, 0.4) is 0 Å². The minimum absolute atomic E-state index is 0.0412. The molecule has 190 valence electrons. The van der Waals surface area contributed by atoms with Gasteiger partial charge >= 0.3 is 5.97 Å². The number of esters is 1. The van der Waals surface area contributed by atoms with E-state index in [1.807, 2.05) is 49.4 Å². The lowest BCUT2D eigenvalue weighted by molar-refractivity contribution is -0.124. The Hall–Kier alpha value is -3.60. The Bertz CT molecular complexity index is 1080. The van der Waals surface area contributed by atoms with Gasteiger partial charge in [-0.1, -0.05) is 88.1 Å². The summed E-state index contributed by atoms with van der Waals surface area (Å²) in [6.45, 7) is 5.19. The van der Waals surface area contributed by atoms with Gasteiger partial charge in [-0.15, -0.1) is 0 Å². The summed E-state index contributed by atoms with van der Waals surface area (Å²) in [7, 11) is 0. The van der Waals surface area contributed by atoms with Crippen molar-refractivity contribution in [3.63, 3.8) is 0 Å². The first-order chi connectivity index (χ1) is 17.6. The fourth-order valence-corrected chi connectivity index (χ4v) is 3.93. The second-order valence-corrected chi connectivity index (χ2v) is 9.04. The van der Waals surface area contributed by atoms with Crippen LogP contribution >= 0.6 is 0 Å². The second-order valence-electron chi connectivity index (χ2n) is 9.04. The lowest BCUT2D eigenvalue weighted by Gasteiger charge is -2.13. The number of benzene rings is 3. The van der Waals surface area contributed by atoms with E-state index in [0.717, 1.165) is 29.5 Å². The molecule has 3 aromatic rings. The van der Waals surface area contributed by atoms with Crippen LogP contribution < -0.4 is 10.1 Å². The van der Waals surface area contributed by atoms with Crippen LogP contribution in [0.2, 0.25) is 0 Å². The van der Waals surface area contributed by atoms with Gasteiger partial charge in [0, 0.05) is 12.5 Å². The van der Waals surface area contributed by atoms with Crippen LogP contribution in [0.15, 0.2) is 78.9 Å². The molecule has 0 aliphatic rings. The highest BCUT2D eigenvalue weighted by Crippen LogP contribution is 2.23. The molecule has 0 bridgehead atoms. The van der Waals surface area contributed by atoms with Crippen LogP contribution in [0.4, 0.5) is 0 Å². The minimum Gasteiger partial charge on any atom is -0.490 e. The van der Waals surface area contributed by atoms with E-state index < -0.39 is 0 Å². The number of carbonyl (C=O) groups excluding carboxylic acids is 2. The lowest BCUT2D eigenvalue weighted by atomic mass is 10.0. The average Bonchev–Trinajstić information content (AvgIpc) is 2.93. The quantitative estimate of drug-likeness (QED) is 0.200. The molecule has 1 amide bonds. The zero-order valence-corrected chi connectivity index (χ0v) is 21.4. The molecule has 3 rings (SSSR count). The monoisotopic (exact) mass is 487 g/mol. The Morgan fingerprint density at radius 1 is 0.833 bits per heavy atom. The van der Waals surface area contributed by atoms with Crippen LogP contribution in [0.1, 0.15) is 61.9 Å². The second kappa shape index (κ2) is 14.7. The normalized spacial score (nSPS) is 11.5. The van der Waals surface area contributed by atoms with Crippen molar-refractivity contribution in [3.8, 4) is 16.9 Å². The van der Waals surface area contributed by atoms with E-state index in [2.05, 4.69) is 24.4 Å². The molecule has 1 N–H and O–H groups in total. The summed E-state index contributed by atoms with van der Waals surface area (Å²) in [4.78, 5) is 24.4. The van der Waals surface area contributed by atoms with Gasteiger partial charge in [0.2, 0.25) is 5.91 Å². The maximum Gasteiger partial charge on any atom is 0.338 e. The highest BCUT2D eigenvalue weighted by atomic mass is 16.6. The largest absolute Gasteiger partial charge is 0.490 e. The van der Waals surface area contributed by atoms with Crippen molar-refractivity contribution in [3.05, 3.63) is 90.0 Å². The Labute approximate surface area is 214 Å². The summed E-state index contributed by atoms with van der Waals surface area (Å²) < 4.78 is 11.0. The highest BCUT2D eigenvalue weighted by molar-refractivity contribution is 5.89. The Balaban J connectivity index is 1.43. The fraction of sp³-hybridized carbons (Fsp3) is 0.355. The van der Waals surface area contributed by atoms with E-state index in [-0.39, 0.29) is 31.0 Å². The Morgan fingerprint density at radius 2 is 1.61 bits per heavy atom. The number of unbranched alkanes of at least 4 members (excludes halogenated alkanes) is 3. The molecule has 0 saturated heterocycles. The Kier molecular flexibility index (Phi) is 11.0. The summed E-state index contributed by atoms with van der Waals surface area (Å²) in [6, 6.07) is 24.9. The molecular weight excluding hydrogens is 450 g/mol. The highest BCUT2D eigenvalue weighted by Gasteiger charge is 2.12. The van der Waals surface area contributed by atoms with Crippen LogP contribution in [-0.2, 0) is 16.1 Å². The van der Waals surface area contributed by atoms with E-state index in [0.29, 0.717) is 17.9 Å². The van der Waals surface area contributed by atoms with Crippen molar-refractivity contribution < 1.29 is 19.1 Å². The van der Waals surface area contributed by atoms with Crippen molar-refractivity contribution >= 4 is 11.9 Å². The zero-order valence-electron chi connectivity index (χ0n) is 21.4. The standard InChI is InChI=1S/C31H37NO4/c1-3-4-5-7-11-24(2)30(33)32-23-25-12-10-15-28(22-25)26-16-18-29(19-17-26)35-20-21-36-31(34)27-13-8-6-9-14-27/h6,8-10,12-19,22,24H,3-5,7,11,20-21,23H2,1-2H3,(H,32,33).